The molecular weight excluding hydrogens is 290 g/mol. The molecule has 1 fully saturated rings. The van der Waals surface area contributed by atoms with E-state index in [1.165, 1.54) is 24.9 Å². The van der Waals surface area contributed by atoms with Gasteiger partial charge in [-0.05, 0) is 66.5 Å². The fraction of sp³-hybridized carbons (Fsp3) is 0.500. The van der Waals surface area contributed by atoms with E-state index in [1.54, 1.807) is 0 Å². The Balaban J connectivity index is 2.17. The van der Waals surface area contributed by atoms with E-state index in [4.69, 9.17) is 5.26 Å². The summed E-state index contributed by atoms with van der Waals surface area (Å²) in [6, 6.07) is 8.54. The van der Waals surface area contributed by atoms with E-state index in [1.807, 2.05) is 18.2 Å². The van der Waals surface area contributed by atoms with Crippen molar-refractivity contribution in [2.75, 3.05) is 25.0 Å². The molecule has 1 saturated heterocycles. The summed E-state index contributed by atoms with van der Waals surface area (Å²) in [7, 11) is 2.14. The van der Waals surface area contributed by atoms with Crippen LogP contribution in [0, 0.1) is 11.3 Å². The van der Waals surface area contributed by atoms with Crippen LogP contribution in [0.1, 0.15) is 24.8 Å². The van der Waals surface area contributed by atoms with Gasteiger partial charge in [-0.2, -0.15) is 5.26 Å². The van der Waals surface area contributed by atoms with Gasteiger partial charge in [0, 0.05) is 17.6 Å². The summed E-state index contributed by atoms with van der Waals surface area (Å²) in [5, 5.41) is 12.3. The maximum Gasteiger partial charge on any atom is 0.0992 e. The third-order valence-electron chi connectivity index (χ3n) is 3.55. The number of nitriles is 1. The number of nitrogens with one attached hydrogen (secondary N) is 1. The number of rotatable bonds is 2. The molecule has 1 aliphatic rings. The zero-order valence-corrected chi connectivity index (χ0v) is 12.2. The van der Waals surface area contributed by atoms with Gasteiger partial charge >= 0.3 is 0 Å². The van der Waals surface area contributed by atoms with E-state index in [0.29, 0.717) is 11.6 Å². The fourth-order valence-electron chi connectivity index (χ4n) is 2.45. The van der Waals surface area contributed by atoms with Crippen molar-refractivity contribution in [2.45, 2.75) is 25.3 Å². The second-order valence-electron chi connectivity index (χ2n) is 4.72. The van der Waals surface area contributed by atoms with Gasteiger partial charge in [0.05, 0.1) is 17.3 Å². The standard InChI is InChI=1S/C14H18BrN3/c1-18(12-3-2-7-17-8-6-12)14-5-4-11(10-16)9-13(14)15/h4-5,9,12,17H,2-3,6-8H2,1H3. The van der Waals surface area contributed by atoms with Crippen LogP contribution in [0.5, 0.6) is 0 Å². The molecule has 0 radical (unpaired) electrons. The lowest BCUT2D eigenvalue weighted by molar-refractivity contribution is 0.566. The van der Waals surface area contributed by atoms with Crippen molar-refractivity contribution >= 4 is 21.6 Å². The first-order chi connectivity index (χ1) is 8.72. The molecule has 0 spiro atoms. The largest absolute Gasteiger partial charge is 0.371 e. The molecule has 1 atom stereocenters. The molecule has 2 rings (SSSR count). The summed E-state index contributed by atoms with van der Waals surface area (Å²) in [5.41, 5.74) is 1.86. The van der Waals surface area contributed by atoms with Crippen LogP contribution in [0.2, 0.25) is 0 Å². The average Bonchev–Trinajstić information content (AvgIpc) is 2.66. The Kier molecular flexibility index (Phi) is 4.62. The molecule has 1 heterocycles. The summed E-state index contributed by atoms with van der Waals surface area (Å²) in [6.45, 7) is 2.21. The Morgan fingerprint density at radius 2 is 2.22 bits per heavy atom. The van der Waals surface area contributed by atoms with Crippen LogP contribution in [0.15, 0.2) is 22.7 Å². The molecule has 4 heteroatoms. The van der Waals surface area contributed by atoms with Gasteiger partial charge in [-0.25, -0.2) is 0 Å². The zero-order chi connectivity index (χ0) is 13.0. The number of nitrogens with zero attached hydrogens (tertiary/aromatic N) is 2. The van der Waals surface area contributed by atoms with Gasteiger partial charge in [0.2, 0.25) is 0 Å². The number of hydrogen-bond donors (Lipinski definition) is 1. The highest BCUT2D eigenvalue weighted by Gasteiger charge is 2.18. The van der Waals surface area contributed by atoms with E-state index in [-0.39, 0.29) is 0 Å². The molecule has 0 amide bonds. The van der Waals surface area contributed by atoms with E-state index < -0.39 is 0 Å². The van der Waals surface area contributed by atoms with Crippen molar-refractivity contribution in [3.63, 3.8) is 0 Å². The van der Waals surface area contributed by atoms with E-state index in [0.717, 1.165) is 17.6 Å². The van der Waals surface area contributed by atoms with Gasteiger partial charge in [0.25, 0.3) is 0 Å². The van der Waals surface area contributed by atoms with Crippen LogP contribution in [0.4, 0.5) is 5.69 Å². The number of anilines is 1. The number of benzene rings is 1. The first-order valence-corrected chi connectivity index (χ1v) is 7.15. The van der Waals surface area contributed by atoms with Gasteiger partial charge in [0.1, 0.15) is 0 Å². The highest BCUT2D eigenvalue weighted by atomic mass is 79.9. The Hall–Kier alpha value is -1.05. The highest BCUT2D eigenvalue weighted by Crippen LogP contribution is 2.29. The molecule has 18 heavy (non-hydrogen) atoms. The van der Waals surface area contributed by atoms with Crippen molar-refractivity contribution in [3.05, 3.63) is 28.2 Å². The number of halogens is 1. The average molecular weight is 308 g/mol. The molecule has 96 valence electrons. The summed E-state index contributed by atoms with van der Waals surface area (Å²) in [5.74, 6) is 0. The van der Waals surface area contributed by atoms with Crippen LogP contribution in [0.25, 0.3) is 0 Å². The molecular formula is C14H18BrN3. The summed E-state index contributed by atoms with van der Waals surface area (Å²) < 4.78 is 1.00. The molecule has 1 aliphatic heterocycles. The summed E-state index contributed by atoms with van der Waals surface area (Å²) in [4.78, 5) is 2.33. The SMILES string of the molecule is CN(c1ccc(C#N)cc1Br)C1CCCNCC1. The third kappa shape index (κ3) is 3.04. The Labute approximate surface area is 117 Å². The molecule has 1 aromatic carbocycles. The maximum absolute atomic E-state index is 8.88. The predicted molar refractivity (Wildman–Crippen MR) is 77.8 cm³/mol. The normalized spacial score (nSPS) is 19.9. The lowest BCUT2D eigenvalue weighted by atomic mass is 10.1. The minimum Gasteiger partial charge on any atom is -0.371 e. The Morgan fingerprint density at radius 1 is 1.39 bits per heavy atom. The number of hydrogen-bond acceptors (Lipinski definition) is 3. The maximum atomic E-state index is 8.88. The molecule has 3 nitrogen and oxygen atoms in total. The van der Waals surface area contributed by atoms with Crippen LogP contribution in [-0.4, -0.2) is 26.2 Å². The van der Waals surface area contributed by atoms with Crippen molar-refractivity contribution in [1.29, 1.82) is 5.26 Å². The first kappa shape index (κ1) is 13.4. The Bertz CT molecular complexity index is 445. The minimum absolute atomic E-state index is 0.573. The molecule has 0 aromatic heterocycles. The van der Waals surface area contributed by atoms with Gasteiger partial charge in [0.15, 0.2) is 0 Å². The van der Waals surface area contributed by atoms with Gasteiger partial charge in [-0.3, -0.25) is 0 Å². The molecule has 0 aliphatic carbocycles. The van der Waals surface area contributed by atoms with Crippen LogP contribution < -0.4 is 10.2 Å². The van der Waals surface area contributed by atoms with Crippen LogP contribution in [-0.2, 0) is 0 Å². The van der Waals surface area contributed by atoms with Gasteiger partial charge in [-0.15, -0.1) is 0 Å². The molecule has 1 unspecified atom stereocenters. The highest BCUT2D eigenvalue weighted by molar-refractivity contribution is 9.10. The minimum atomic E-state index is 0.573. The quantitative estimate of drug-likeness (QED) is 0.913. The second-order valence-corrected chi connectivity index (χ2v) is 5.58. The van der Waals surface area contributed by atoms with Gasteiger partial charge in [-0.1, -0.05) is 0 Å². The van der Waals surface area contributed by atoms with Crippen molar-refractivity contribution in [1.82, 2.24) is 5.32 Å². The predicted octanol–water partition coefficient (Wildman–Crippen LogP) is 2.90. The van der Waals surface area contributed by atoms with Crippen LogP contribution in [0.3, 0.4) is 0 Å². The third-order valence-corrected chi connectivity index (χ3v) is 4.18. The lowest BCUT2D eigenvalue weighted by Crippen LogP contribution is -2.32. The zero-order valence-electron chi connectivity index (χ0n) is 10.6. The van der Waals surface area contributed by atoms with E-state index >= 15 is 0 Å². The lowest BCUT2D eigenvalue weighted by Gasteiger charge is -2.30. The summed E-state index contributed by atoms with van der Waals surface area (Å²) in [6.07, 6.45) is 3.61. The molecule has 1 aromatic rings. The molecule has 0 bridgehead atoms. The topological polar surface area (TPSA) is 39.1 Å². The fourth-order valence-corrected chi connectivity index (χ4v) is 3.11. The van der Waals surface area contributed by atoms with Crippen molar-refractivity contribution in [3.8, 4) is 6.07 Å². The smallest absolute Gasteiger partial charge is 0.0992 e. The van der Waals surface area contributed by atoms with E-state index in [9.17, 15) is 0 Å². The van der Waals surface area contributed by atoms with Crippen LogP contribution >= 0.6 is 15.9 Å². The second kappa shape index (κ2) is 6.21. The first-order valence-electron chi connectivity index (χ1n) is 6.35. The molecule has 0 saturated carbocycles. The van der Waals surface area contributed by atoms with Gasteiger partial charge < -0.3 is 10.2 Å². The van der Waals surface area contributed by atoms with E-state index in [2.05, 4.69) is 39.3 Å². The van der Waals surface area contributed by atoms with Crippen molar-refractivity contribution in [2.24, 2.45) is 0 Å². The monoisotopic (exact) mass is 307 g/mol. The van der Waals surface area contributed by atoms with Crippen molar-refractivity contribution < 1.29 is 0 Å². The molecule has 1 N–H and O–H groups in total. The summed E-state index contributed by atoms with van der Waals surface area (Å²) >= 11 is 3.57. The Morgan fingerprint density at radius 3 is 2.94 bits per heavy atom.